The smallest absolute Gasteiger partial charge is 0.328 e. The van der Waals surface area contributed by atoms with E-state index in [1.165, 1.54) is 30.6 Å². The fourth-order valence-corrected chi connectivity index (χ4v) is 4.91. The standard InChI is InChI=1S/C26H40N4O4.2C4H4O4/c1-2-3-4-5-6-7-8-12-26(33)34-22(21-30-24(31)13-14-25(30)32)20-28-16-18-29(19-17-28)23-11-9-10-15-27-23;2*5-3(6)1-2-4(7)8/h9-11,15,22H,2-8,12-14,16-21H2,1H3;2*1-2H,(H,5,6)(H,7,8)/b;2*2-1-. The van der Waals surface area contributed by atoms with E-state index in [1.54, 1.807) is 6.20 Å². The first kappa shape index (κ1) is 42.9. The van der Waals surface area contributed by atoms with Crippen LogP contribution < -0.4 is 4.90 Å². The SMILES string of the molecule is CCCCCCCCCC(=O)OC(CN1CCN(c2ccccn2)CC1)CN1C(=O)CCC1=O.O=C(O)/C=C\C(=O)O.O=C(O)/C=C\C(=O)O. The van der Waals surface area contributed by atoms with Crippen molar-refractivity contribution in [2.24, 2.45) is 0 Å². The number of aliphatic carboxylic acids is 4. The first-order chi connectivity index (χ1) is 23.8. The number of amides is 2. The number of rotatable bonds is 18. The average Bonchev–Trinajstić information content (AvgIpc) is 3.39. The van der Waals surface area contributed by atoms with Gasteiger partial charge in [0.2, 0.25) is 11.8 Å². The number of esters is 1. The van der Waals surface area contributed by atoms with Crippen LogP contribution in [0.25, 0.3) is 0 Å². The Morgan fingerprint density at radius 1 is 0.740 bits per heavy atom. The highest BCUT2D eigenvalue weighted by molar-refractivity contribution is 6.02. The van der Waals surface area contributed by atoms with Crippen LogP contribution in [0.2, 0.25) is 0 Å². The van der Waals surface area contributed by atoms with Crippen molar-refractivity contribution in [2.45, 2.75) is 77.2 Å². The molecule has 1 aromatic rings. The van der Waals surface area contributed by atoms with Gasteiger partial charge in [0.1, 0.15) is 11.9 Å². The minimum absolute atomic E-state index is 0.154. The number of hydrogen-bond acceptors (Lipinski definition) is 11. The van der Waals surface area contributed by atoms with Crippen LogP contribution in [0.3, 0.4) is 0 Å². The summed E-state index contributed by atoms with van der Waals surface area (Å²) in [4.78, 5) is 85.3. The van der Waals surface area contributed by atoms with Crippen LogP contribution in [-0.2, 0) is 38.3 Å². The Morgan fingerprint density at radius 3 is 1.70 bits per heavy atom. The highest BCUT2D eigenvalue weighted by Gasteiger charge is 2.33. The third kappa shape index (κ3) is 20.3. The lowest BCUT2D eigenvalue weighted by atomic mass is 10.1. The lowest BCUT2D eigenvalue weighted by Gasteiger charge is -2.37. The van der Waals surface area contributed by atoms with Gasteiger partial charge in [-0.05, 0) is 18.6 Å². The summed E-state index contributed by atoms with van der Waals surface area (Å²) in [6, 6.07) is 5.90. The molecule has 0 spiro atoms. The second-order valence-corrected chi connectivity index (χ2v) is 11.4. The summed E-state index contributed by atoms with van der Waals surface area (Å²) in [6.07, 6.45) is 12.4. The maximum atomic E-state index is 12.6. The fourth-order valence-electron chi connectivity index (χ4n) is 4.91. The van der Waals surface area contributed by atoms with Gasteiger partial charge in [-0.25, -0.2) is 24.2 Å². The molecule has 50 heavy (non-hydrogen) atoms. The van der Waals surface area contributed by atoms with Crippen LogP contribution in [0.4, 0.5) is 5.82 Å². The molecule has 0 radical (unpaired) electrons. The molecule has 16 heteroatoms. The molecule has 2 fully saturated rings. The summed E-state index contributed by atoms with van der Waals surface area (Å²) in [5.74, 6) is -4.63. The molecule has 276 valence electrons. The van der Waals surface area contributed by atoms with E-state index < -0.39 is 30.0 Å². The van der Waals surface area contributed by atoms with Gasteiger partial charge in [0.15, 0.2) is 0 Å². The predicted octanol–water partition coefficient (Wildman–Crippen LogP) is 2.83. The third-order valence-corrected chi connectivity index (χ3v) is 7.37. The number of likely N-dealkylation sites (tertiary alicyclic amines) is 1. The molecule has 0 aliphatic carbocycles. The van der Waals surface area contributed by atoms with Gasteiger partial charge >= 0.3 is 29.8 Å². The maximum absolute atomic E-state index is 12.6. The monoisotopic (exact) mass is 704 g/mol. The maximum Gasteiger partial charge on any atom is 0.328 e. The summed E-state index contributed by atoms with van der Waals surface area (Å²) >= 11 is 0. The molecule has 3 heterocycles. The largest absolute Gasteiger partial charge is 0.478 e. The molecule has 0 aromatic carbocycles. The van der Waals surface area contributed by atoms with Crippen LogP contribution in [0.5, 0.6) is 0 Å². The number of ether oxygens (including phenoxy) is 1. The van der Waals surface area contributed by atoms with Crippen LogP contribution >= 0.6 is 0 Å². The van der Waals surface area contributed by atoms with Crippen molar-refractivity contribution in [1.29, 1.82) is 0 Å². The van der Waals surface area contributed by atoms with Crippen LogP contribution in [-0.4, -0.2) is 122 Å². The Bertz CT molecular complexity index is 1230. The molecule has 16 nitrogen and oxygen atoms in total. The summed E-state index contributed by atoms with van der Waals surface area (Å²) in [7, 11) is 0. The molecule has 1 atom stereocenters. The van der Waals surface area contributed by atoms with E-state index in [0.29, 0.717) is 37.3 Å². The third-order valence-electron chi connectivity index (χ3n) is 7.37. The number of carboxylic acid groups (broad SMARTS) is 4. The van der Waals surface area contributed by atoms with E-state index in [2.05, 4.69) is 21.7 Å². The van der Waals surface area contributed by atoms with E-state index >= 15 is 0 Å². The summed E-state index contributed by atoms with van der Waals surface area (Å²) in [5, 5.41) is 31.2. The number of anilines is 1. The van der Waals surface area contributed by atoms with Gasteiger partial charge in [-0.3, -0.25) is 24.2 Å². The molecular formula is C34H48N4O12. The van der Waals surface area contributed by atoms with Gasteiger partial charge in [0, 0.05) is 82.5 Å². The summed E-state index contributed by atoms with van der Waals surface area (Å²) < 4.78 is 5.82. The van der Waals surface area contributed by atoms with Crippen molar-refractivity contribution >= 4 is 47.5 Å². The number of pyridine rings is 1. The summed E-state index contributed by atoms with van der Waals surface area (Å²) in [5.41, 5.74) is 0. The minimum Gasteiger partial charge on any atom is -0.478 e. The zero-order valence-corrected chi connectivity index (χ0v) is 28.4. The number of aromatic nitrogens is 1. The van der Waals surface area contributed by atoms with Crippen molar-refractivity contribution in [2.75, 3.05) is 44.2 Å². The molecular weight excluding hydrogens is 656 g/mol. The minimum atomic E-state index is -1.26. The highest BCUT2D eigenvalue weighted by atomic mass is 16.5. The van der Waals surface area contributed by atoms with Gasteiger partial charge in [-0.2, -0.15) is 0 Å². The number of carbonyl (C=O) groups excluding carboxylic acids is 3. The number of hydrogen-bond donors (Lipinski definition) is 4. The van der Waals surface area contributed by atoms with Crippen LogP contribution in [0.15, 0.2) is 48.7 Å². The predicted molar refractivity (Wildman–Crippen MR) is 180 cm³/mol. The van der Waals surface area contributed by atoms with Gasteiger partial charge in [-0.1, -0.05) is 51.5 Å². The Labute approximate surface area is 291 Å². The van der Waals surface area contributed by atoms with Crippen molar-refractivity contribution in [1.82, 2.24) is 14.8 Å². The number of nitrogens with zero attached hydrogens (tertiary/aromatic N) is 4. The lowest BCUT2D eigenvalue weighted by Crippen LogP contribution is -2.51. The van der Waals surface area contributed by atoms with E-state index in [1.807, 2.05) is 18.2 Å². The van der Waals surface area contributed by atoms with E-state index in [-0.39, 0.29) is 37.2 Å². The van der Waals surface area contributed by atoms with Crippen molar-refractivity contribution in [3.63, 3.8) is 0 Å². The number of imide groups is 1. The highest BCUT2D eigenvalue weighted by Crippen LogP contribution is 2.17. The van der Waals surface area contributed by atoms with E-state index in [0.717, 1.165) is 51.3 Å². The number of carboxylic acids is 4. The van der Waals surface area contributed by atoms with Crippen molar-refractivity contribution in [3.8, 4) is 0 Å². The Morgan fingerprint density at radius 2 is 1.24 bits per heavy atom. The zero-order chi connectivity index (χ0) is 37.3. The lowest BCUT2D eigenvalue weighted by molar-refractivity contribution is -0.155. The normalized spacial score (nSPS) is 15.2. The quantitative estimate of drug-likeness (QED) is 0.0745. The van der Waals surface area contributed by atoms with Crippen molar-refractivity contribution in [3.05, 3.63) is 48.7 Å². The van der Waals surface area contributed by atoms with E-state index in [4.69, 9.17) is 25.2 Å². The van der Waals surface area contributed by atoms with Crippen molar-refractivity contribution < 1.29 is 58.7 Å². The van der Waals surface area contributed by atoms with Crippen LogP contribution in [0.1, 0.15) is 71.1 Å². The zero-order valence-electron chi connectivity index (χ0n) is 28.4. The van der Waals surface area contributed by atoms with Gasteiger partial charge < -0.3 is 30.1 Å². The van der Waals surface area contributed by atoms with Gasteiger partial charge in [-0.15, -0.1) is 0 Å². The molecule has 0 bridgehead atoms. The van der Waals surface area contributed by atoms with Gasteiger partial charge in [0.25, 0.3) is 0 Å². The first-order valence-electron chi connectivity index (χ1n) is 16.5. The Kier molecular flexibility index (Phi) is 21.4. The second kappa shape index (κ2) is 24.9. The van der Waals surface area contributed by atoms with E-state index in [9.17, 15) is 33.6 Å². The molecule has 4 N–H and O–H groups in total. The molecule has 2 aliphatic heterocycles. The molecule has 1 unspecified atom stereocenters. The van der Waals surface area contributed by atoms with Crippen LogP contribution in [0, 0.1) is 0 Å². The number of piperazine rings is 1. The molecule has 2 saturated heterocycles. The summed E-state index contributed by atoms with van der Waals surface area (Å²) in [6.45, 7) is 6.16. The molecule has 2 aliphatic rings. The van der Waals surface area contributed by atoms with Gasteiger partial charge in [0.05, 0.1) is 6.54 Å². The molecule has 2 amide bonds. The topological polar surface area (TPSA) is 232 Å². The molecule has 1 aromatic heterocycles. The fraction of sp³-hybridized carbons (Fsp3) is 0.529. The first-order valence-corrected chi connectivity index (χ1v) is 16.5. The average molecular weight is 705 g/mol. The second-order valence-electron chi connectivity index (χ2n) is 11.4. The Hall–Kier alpha value is -5.12. The Balaban J connectivity index is 0.000000646. The molecule has 0 saturated carbocycles. The molecule has 3 rings (SSSR count). The number of unbranched alkanes of at least 4 members (excludes halogenated alkanes) is 6. The number of carbonyl (C=O) groups is 7.